The van der Waals surface area contributed by atoms with Crippen molar-refractivity contribution in [3.63, 3.8) is 0 Å². The van der Waals surface area contributed by atoms with Crippen LogP contribution in [0, 0.1) is 0 Å². The zero-order valence-corrected chi connectivity index (χ0v) is 12.9. The lowest BCUT2D eigenvalue weighted by molar-refractivity contribution is 0.225. The molecule has 0 bridgehead atoms. The molecule has 0 fully saturated rings. The average molecular weight is 282 g/mol. The van der Waals surface area contributed by atoms with Crippen LogP contribution in [0.4, 0.5) is 0 Å². The van der Waals surface area contributed by atoms with Gasteiger partial charge in [-0.05, 0) is 31.7 Å². The molecule has 106 valence electrons. The first-order valence-corrected chi connectivity index (χ1v) is 8.20. The van der Waals surface area contributed by atoms with Gasteiger partial charge in [0.05, 0.1) is 13.2 Å². The van der Waals surface area contributed by atoms with Gasteiger partial charge in [-0.15, -0.1) is 0 Å². The third kappa shape index (κ3) is 4.61. The number of allylic oxidation sites excluding steroid dienone is 1. The minimum atomic E-state index is -3.18. The number of benzene rings is 1. The molecule has 3 nitrogen and oxygen atoms in total. The van der Waals surface area contributed by atoms with Crippen molar-refractivity contribution in [1.29, 1.82) is 0 Å². The minimum Gasteiger partial charge on any atom is -0.306 e. The SMILES string of the molecule is C=C(CC(C)c1ccccc1)P(=O)(OCC)OCC. The summed E-state index contributed by atoms with van der Waals surface area (Å²) < 4.78 is 23.1. The Kier molecular flexibility index (Phi) is 6.50. The lowest BCUT2D eigenvalue weighted by Crippen LogP contribution is -2.02. The molecule has 1 aromatic rings. The van der Waals surface area contributed by atoms with Gasteiger partial charge in [-0.1, -0.05) is 43.8 Å². The molecule has 0 aliphatic rings. The van der Waals surface area contributed by atoms with E-state index in [1.54, 1.807) is 13.8 Å². The molecule has 0 aromatic heterocycles. The van der Waals surface area contributed by atoms with Gasteiger partial charge in [-0.3, -0.25) is 4.57 Å². The molecule has 0 saturated heterocycles. The second-order valence-electron chi connectivity index (χ2n) is 4.42. The molecule has 0 N–H and O–H groups in total. The molecule has 4 heteroatoms. The Balaban J connectivity index is 2.74. The number of rotatable bonds is 8. The lowest BCUT2D eigenvalue weighted by atomic mass is 9.98. The van der Waals surface area contributed by atoms with E-state index < -0.39 is 7.60 Å². The first-order chi connectivity index (χ1) is 9.03. The van der Waals surface area contributed by atoms with Gasteiger partial charge in [0.2, 0.25) is 0 Å². The zero-order valence-electron chi connectivity index (χ0n) is 12.0. The van der Waals surface area contributed by atoms with E-state index in [0.717, 1.165) is 0 Å². The van der Waals surface area contributed by atoms with Crippen molar-refractivity contribution in [3.05, 3.63) is 47.8 Å². The summed E-state index contributed by atoms with van der Waals surface area (Å²) in [6.07, 6.45) is 0.599. The van der Waals surface area contributed by atoms with Crippen LogP contribution in [0.3, 0.4) is 0 Å². The molecular formula is C15H23O3P. The number of hydrogen-bond donors (Lipinski definition) is 0. The Morgan fingerprint density at radius 2 is 1.74 bits per heavy atom. The fraction of sp³-hybridized carbons (Fsp3) is 0.467. The topological polar surface area (TPSA) is 35.5 Å². The van der Waals surface area contributed by atoms with Crippen molar-refractivity contribution in [2.24, 2.45) is 0 Å². The van der Waals surface area contributed by atoms with Gasteiger partial charge in [0, 0.05) is 5.31 Å². The first-order valence-electron chi connectivity index (χ1n) is 6.65. The van der Waals surface area contributed by atoms with E-state index in [0.29, 0.717) is 24.9 Å². The monoisotopic (exact) mass is 282 g/mol. The normalized spacial score (nSPS) is 13.2. The fourth-order valence-corrected chi connectivity index (χ4v) is 3.54. The van der Waals surface area contributed by atoms with Crippen LogP contribution in [0.15, 0.2) is 42.2 Å². The van der Waals surface area contributed by atoms with E-state index in [4.69, 9.17) is 9.05 Å². The highest BCUT2D eigenvalue weighted by Crippen LogP contribution is 2.57. The highest BCUT2D eigenvalue weighted by molar-refractivity contribution is 7.58. The largest absolute Gasteiger partial charge is 0.356 e. The molecule has 0 spiro atoms. The van der Waals surface area contributed by atoms with Crippen LogP contribution in [0.5, 0.6) is 0 Å². The average Bonchev–Trinajstić information content (AvgIpc) is 2.40. The van der Waals surface area contributed by atoms with Gasteiger partial charge in [0.25, 0.3) is 0 Å². The molecule has 0 amide bonds. The van der Waals surface area contributed by atoms with Crippen molar-refractivity contribution in [1.82, 2.24) is 0 Å². The van der Waals surface area contributed by atoms with E-state index in [9.17, 15) is 4.57 Å². The highest BCUT2D eigenvalue weighted by atomic mass is 31.2. The lowest BCUT2D eigenvalue weighted by Gasteiger charge is -2.21. The molecule has 0 aliphatic carbocycles. The molecule has 19 heavy (non-hydrogen) atoms. The van der Waals surface area contributed by atoms with Crippen LogP contribution in [0.25, 0.3) is 0 Å². The molecule has 1 atom stereocenters. The molecular weight excluding hydrogens is 259 g/mol. The molecule has 0 heterocycles. The van der Waals surface area contributed by atoms with Gasteiger partial charge >= 0.3 is 7.60 Å². The van der Waals surface area contributed by atoms with Crippen molar-refractivity contribution in [2.45, 2.75) is 33.1 Å². The summed E-state index contributed by atoms with van der Waals surface area (Å²) in [5.74, 6) is 0.239. The third-order valence-electron chi connectivity index (χ3n) is 2.90. The summed E-state index contributed by atoms with van der Waals surface area (Å²) >= 11 is 0. The van der Waals surface area contributed by atoms with Crippen LogP contribution in [-0.2, 0) is 13.6 Å². The predicted octanol–water partition coefficient (Wildman–Crippen LogP) is 4.96. The summed E-state index contributed by atoms with van der Waals surface area (Å²) in [5.41, 5.74) is 1.20. The second-order valence-corrected chi connectivity index (χ2v) is 6.56. The zero-order chi connectivity index (χ0) is 14.3. The summed E-state index contributed by atoms with van der Waals surface area (Å²) in [5, 5.41) is 0.549. The Labute approximate surface area is 116 Å². The van der Waals surface area contributed by atoms with Crippen molar-refractivity contribution >= 4 is 7.60 Å². The maximum absolute atomic E-state index is 12.5. The van der Waals surface area contributed by atoms with Gasteiger partial charge in [0.15, 0.2) is 0 Å². The number of hydrogen-bond acceptors (Lipinski definition) is 3. The summed E-state index contributed by atoms with van der Waals surface area (Å²) in [7, 11) is -3.18. The highest BCUT2D eigenvalue weighted by Gasteiger charge is 2.28. The minimum absolute atomic E-state index is 0.239. The van der Waals surface area contributed by atoms with Crippen molar-refractivity contribution in [2.75, 3.05) is 13.2 Å². The molecule has 1 rings (SSSR count). The fourth-order valence-electron chi connectivity index (χ4n) is 1.92. The van der Waals surface area contributed by atoms with Gasteiger partial charge < -0.3 is 9.05 Å². The molecule has 0 radical (unpaired) electrons. The van der Waals surface area contributed by atoms with E-state index in [-0.39, 0.29) is 5.92 Å². The molecule has 0 aliphatic heterocycles. The van der Waals surface area contributed by atoms with E-state index in [2.05, 4.69) is 25.6 Å². The Morgan fingerprint density at radius 1 is 1.21 bits per heavy atom. The van der Waals surface area contributed by atoms with Crippen LogP contribution < -0.4 is 0 Å². The first kappa shape index (κ1) is 16.2. The Morgan fingerprint density at radius 3 is 2.21 bits per heavy atom. The van der Waals surface area contributed by atoms with Crippen LogP contribution in [0.1, 0.15) is 38.7 Å². The summed E-state index contributed by atoms with van der Waals surface area (Å²) in [6, 6.07) is 10.1. The predicted molar refractivity (Wildman–Crippen MR) is 79.5 cm³/mol. The Bertz CT molecular complexity index is 432. The van der Waals surface area contributed by atoms with E-state index in [1.165, 1.54) is 5.56 Å². The molecule has 1 unspecified atom stereocenters. The maximum Gasteiger partial charge on any atom is 0.356 e. The second kappa shape index (κ2) is 7.64. The van der Waals surface area contributed by atoms with Gasteiger partial charge in [0.1, 0.15) is 0 Å². The smallest absolute Gasteiger partial charge is 0.306 e. The Hall–Kier alpha value is -0.890. The van der Waals surface area contributed by atoms with Crippen molar-refractivity contribution < 1.29 is 13.6 Å². The summed E-state index contributed by atoms with van der Waals surface area (Å²) in [6.45, 7) is 10.3. The van der Waals surface area contributed by atoms with E-state index >= 15 is 0 Å². The van der Waals surface area contributed by atoms with Crippen LogP contribution >= 0.6 is 7.60 Å². The maximum atomic E-state index is 12.5. The molecule has 0 saturated carbocycles. The van der Waals surface area contributed by atoms with E-state index in [1.807, 2.05) is 18.2 Å². The van der Waals surface area contributed by atoms with Gasteiger partial charge in [-0.2, -0.15) is 0 Å². The standard InChI is InChI=1S/C15H23O3P/c1-5-17-19(16,18-6-2)14(4)12-13(3)15-10-8-7-9-11-15/h7-11,13H,4-6,12H2,1-3H3. The molecule has 1 aromatic carbocycles. The quantitative estimate of drug-likeness (QED) is 0.632. The van der Waals surface area contributed by atoms with Gasteiger partial charge in [-0.25, -0.2) is 0 Å². The third-order valence-corrected chi connectivity index (χ3v) is 5.05. The van der Waals surface area contributed by atoms with Crippen LogP contribution in [0.2, 0.25) is 0 Å². The summed E-state index contributed by atoms with van der Waals surface area (Å²) in [4.78, 5) is 0. The van der Waals surface area contributed by atoms with Crippen molar-refractivity contribution in [3.8, 4) is 0 Å². The van der Waals surface area contributed by atoms with Crippen LogP contribution in [-0.4, -0.2) is 13.2 Å².